The molecule has 3 rings (SSSR count). The third-order valence-electron chi connectivity index (χ3n) is 3.50. The second-order valence-electron chi connectivity index (χ2n) is 5.33. The molecule has 0 aliphatic carbocycles. The van der Waals surface area contributed by atoms with Crippen LogP contribution in [0.25, 0.3) is 11.0 Å². The summed E-state index contributed by atoms with van der Waals surface area (Å²) in [6.07, 6.45) is -3.09. The van der Waals surface area contributed by atoms with E-state index in [9.17, 15) is 17.7 Å². The minimum absolute atomic E-state index is 0. The molecular weight excluding hydrogens is 378 g/mol. The number of hydrogen-bond acceptors (Lipinski definition) is 4. The minimum Gasteiger partial charge on any atom is -0.609 e. The molecule has 1 N–H and O–H groups in total. The maximum Gasteiger partial charge on any atom is 0.422 e. The molecule has 0 spiro atoms. The quantitative estimate of drug-likeness (QED) is 0.535. The molecule has 3 aromatic rings. The number of halogens is 3. The van der Waals surface area contributed by atoms with Gasteiger partial charge in [-0.05, 0) is 25.1 Å². The predicted molar refractivity (Wildman–Crippen MR) is 92.5 cm³/mol. The monoisotopic (exact) mass is 392 g/mol. The zero-order valence-electron chi connectivity index (χ0n) is 14.1. The number of alkyl halides is 3. The van der Waals surface area contributed by atoms with Gasteiger partial charge in [0.05, 0.1) is 16.7 Å². The summed E-state index contributed by atoms with van der Waals surface area (Å²) in [7, 11) is 0. The normalized spacial score (nSPS) is 12.7. The van der Waals surface area contributed by atoms with E-state index < -0.39 is 24.0 Å². The number of fused-ring (bicyclic) bond motifs is 1. The summed E-state index contributed by atoms with van der Waals surface area (Å²) in [5.74, 6) is 0.0958. The van der Waals surface area contributed by atoms with Gasteiger partial charge in [0.2, 0.25) is 0 Å². The Kier molecular flexibility index (Phi) is 6.98. The molecule has 10 heteroatoms. The summed E-state index contributed by atoms with van der Waals surface area (Å²) in [5.41, 5.74) is 2.28. The zero-order chi connectivity index (χ0) is 18.0. The number of pyridine rings is 1. The van der Waals surface area contributed by atoms with Gasteiger partial charge in [0.15, 0.2) is 12.4 Å². The van der Waals surface area contributed by atoms with E-state index in [0.29, 0.717) is 21.9 Å². The molecular formula is C16H14F3N3NaO2S. The van der Waals surface area contributed by atoms with Crippen LogP contribution in [0.15, 0.2) is 41.7 Å². The summed E-state index contributed by atoms with van der Waals surface area (Å²) in [6.45, 7) is 0.202. The maximum absolute atomic E-state index is 12.5. The Morgan fingerprint density at radius 2 is 1.96 bits per heavy atom. The predicted octanol–water partition coefficient (Wildman–Crippen LogP) is 3.13. The molecule has 0 bridgehead atoms. The number of imidazole rings is 1. The molecule has 133 valence electrons. The van der Waals surface area contributed by atoms with Gasteiger partial charge >= 0.3 is 11.3 Å². The number of rotatable bonds is 5. The van der Waals surface area contributed by atoms with Crippen LogP contribution < -0.4 is 4.74 Å². The van der Waals surface area contributed by atoms with Gasteiger partial charge in [0, 0.05) is 52.5 Å². The summed E-state index contributed by atoms with van der Waals surface area (Å²) in [5, 5.41) is 0.295. The molecule has 1 aromatic carbocycles. The van der Waals surface area contributed by atoms with Crippen molar-refractivity contribution in [3.63, 3.8) is 0 Å². The Morgan fingerprint density at radius 1 is 1.23 bits per heavy atom. The molecule has 1 radical (unpaired) electrons. The first-order valence-corrected chi connectivity index (χ1v) is 8.62. The number of H-pyrrole nitrogens is 1. The molecule has 0 fully saturated rings. The first-order valence-electron chi connectivity index (χ1n) is 7.30. The van der Waals surface area contributed by atoms with Crippen LogP contribution in [-0.2, 0) is 16.9 Å². The second-order valence-corrected chi connectivity index (χ2v) is 6.70. The van der Waals surface area contributed by atoms with Crippen molar-refractivity contribution in [3.8, 4) is 5.75 Å². The Labute approximate surface area is 172 Å². The molecule has 0 aliphatic rings. The first-order chi connectivity index (χ1) is 11.8. The standard InChI is InChI=1S/C16H14F3N3O2S.Na/c1-10-13(20-7-6-14(10)24-9-16(17,18)19)8-25(23)15-21-11-4-2-3-5-12(11)22-15;/h2-7H,8-9H2,1H3,(H,21,22);/t25-;/m1./s1. The fraction of sp³-hybridized carbons (Fsp3) is 0.250. The summed E-state index contributed by atoms with van der Waals surface area (Å²) in [6, 6.07) is 8.62. The van der Waals surface area contributed by atoms with Crippen molar-refractivity contribution < 1.29 is 22.5 Å². The van der Waals surface area contributed by atoms with Crippen molar-refractivity contribution in [2.75, 3.05) is 6.61 Å². The van der Waals surface area contributed by atoms with Gasteiger partial charge in [0.1, 0.15) is 5.75 Å². The van der Waals surface area contributed by atoms with E-state index in [-0.39, 0.29) is 41.1 Å². The first kappa shape index (κ1) is 21.0. The smallest absolute Gasteiger partial charge is 0.422 e. The Morgan fingerprint density at radius 3 is 2.65 bits per heavy atom. The number of nitrogens with one attached hydrogen (secondary N) is 1. The van der Waals surface area contributed by atoms with Gasteiger partial charge < -0.3 is 9.29 Å². The molecule has 2 heterocycles. The van der Waals surface area contributed by atoms with Crippen LogP contribution in [0.4, 0.5) is 13.2 Å². The van der Waals surface area contributed by atoms with Crippen LogP contribution in [0.2, 0.25) is 0 Å². The SMILES string of the molecule is Cc1c(OCC(F)(F)F)ccnc1C[S@@+]([O-])c1nc2ccccc2[nH]1.[Na]. The molecule has 5 nitrogen and oxygen atoms in total. The number of benzene rings is 1. The van der Waals surface area contributed by atoms with E-state index in [2.05, 4.69) is 15.0 Å². The summed E-state index contributed by atoms with van der Waals surface area (Å²) in [4.78, 5) is 11.3. The van der Waals surface area contributed by atoms with Crippen molar-refractivity contribution >= 4 is 51.8 Å². The van der Waals surface area contributed by atoms with Crippen LogP contribution in [0.5, 0.6) is 5.75 Å². The fourth-order valence-corrected chi connectivity index (χ4v) is 3.35. The van der Waals surface area contributed by atoms with E-state index in [1.165, 1.54) is 12.3 Å². The van der Waals surface area contributed by atoms with Gasteiger partial charge in [-0.2, -0.15) is 18.2 Å². The van der Waals surface area contributed by atoms with Gasteiger partial charge in [0.25, 0.3) is 0 Å². The third-order valence-corrected chi connectivity index (χ3v) is 4.66. The maximum atomic E-state index is 12.5. The number of para-hydroxylation sites is 2. The average molecular weight is 392 g/mol. The van der Waals surface area contributed by atoms with Crippen molar-refractivity contribution in [1.82, 2.24) is 15.0 Å². The molecule has 0 unspecified atom stereocenters. The van der Waals surface area contributed by atoms with Crippen molar-refractivity contribution in [3.05, 3.63) is 47.8 Å². The van der Waals surface area contributed by atoms with Crippen molar-refractivity contribution in [1.29, 1.82) is 0 Å². The Balaban J connectivity index is 0.00000243. The Hall–Kier alpha value is -1.26. The van der Waals surface area contributed by atoms with Gasteiger partial charge in [-0.25, -0.2) is 0 Å². The molecule has 0 saturated carbocycles. The van der Waals surface area contributed by atoms with Crippen molar-refractivity contribution in [2.45, 2.75) is 24.0 Å². The van der Waals surface area contributed by atoms with Crippen LogP contribution in [0.1, 0.15) is 11.3 Å². The summed E-state index contributed by atoms with van der Waals surface area (Å²) < 4.78 is 54.2. The molecule has 0 amide bonds. The number of aromatic amines is 1. The van der Waals surface area contributed by atoms with Crippen LogP contribution in [-0.4, -0.2) is 61.8 Å². The van der Waals surface area contributed by atoms with Crippen LogP contribution in [0, 0.1) is 6.92 Å². The van der Waals surface area contributed by atoms with Crippen LogP contribution >= 0.6 is 0 Å². The second kappa shape index (κ2) is 8.62. The topological polar surface area (TPSA) is 73.9 Å². The number of hydrogen-bond donors (Lipinski definition) is 1. The fourth-order valence-electron chi connectivity index (χ4n) is 2.25. The average Bonchev–Trinajstić information content (AvgIpc) is 2.99. The third kappa shape index (κ3) is 5.14. The number of nitrogens with zero attached hydrogens (tertiary/aromatic N) is 2. The number of aromatic nitrogens is 3. The van der Waals surface area contributed by atoms with E-state index in [1.54, 1.807) is 13.0 Å². The molecule has 26 heavy (non-hydrogen) atoms. The molecule has 0 aliphatic heterocycles. The van der Waals surface area contributed by atoms with E-state index in [1.807, 2.05) is 18.2 Å². The van der Waals surface area contributed by atoms with E-state index >= 15 is 0 Å². The van der Waals surface area contributed by atoms with E-state index in [0.717, 1.165) is 5.52 Å². The molecule has 0 saturated heterocycles. The van der Waals surface area contributed by atoms with Gasteiger partial charge in [-0.1, -0.05) is 12.1 Å². The largest absolute Gasteiger partial charge is 0.609 e. The molecule has 2 aromatic heterocycles. The van der Waals surface area contributed by atoms with E-state index in [4.69, 9.17) is 4.74 Å². The molecule has 1 atom stereocenters. The van der Waals surface area contributed by atoms with Gasteiger partial charge in [-0.15, -0.1) is 0 Å². The number of ether oxygens (including phenoxy) is 1. The van der Waals surface area contributed by atoms with Crippen molar-refractivity contribution in [2.24, 2.45) is 0 Å². The van der Waals surface area contributed by atoms with Crippen LogP contribution in [0.3, 0.4) is 0 Å². The minimum atomic E-state index is -4.42. The summed E-state index contributed by atoms with van der Waals surface area (Å²) >= 11 is -1.51. The zero-order valence-corrected chi connectivity index (χ0v) is 16.9. The van der Waals surface area contributed by atoms with Gasteiger partial charge in [-0.3, -0.25) is 9.97 Å². The Bertz CT molecular complexity index is 856.